The fourth-order valence-electron chi connectivity index (χ4n) is 1.37. The normalized spacial score (nSPS) is 13.7. The topological polar surface area (TPSA) is 84.9 Å². The van der Waals surface area contributed by atoms with Crippen LogP contribution in [0.5, 0.6) is 0 Å². The summed E-state index contributed by atoms with van der Waals surface area (Å²) in [7, 11) is 0. The first kappa shape index (κ1) is 18.7. The lowest BCUT2D eigenvalue weighted by atomic mass is 10.1. The second kappa shape index (κ2) is 7.47. The van der Waals surface area contributed by atoms with Crippen molar-refractivity contribution in [2.45, 2.75) is 71.6 Å². The maximum Gasteiger partial charge on any atom is 0.408 e. The van der Waals surface area contributed by atoms with Crippen LogP contribution >= 0.6 is 0 Å². The van der Waals surface area contributed by atoms with Crippen LogP contribution in [-0.4, -0.2) is 41.0 Å². The van der Waals surface area contributed by atoms with Crippen molar-refractivity contribution in [1.29, 1.82) is 0 Å². The Hall–Kier alpha value is -1.30. The molecule has 0 spiro atoms. The van der Waals surface area contributed by atoms with Crippen molar-refractivity contribution in [3.05, 3.63) is 0 Å². The molecule has 0 rings (SSSR count). The first-order valence-corrected chi connectivity index (χ1v) is 6.77. The average molecular weight is 289 g/mol. The smallest absolute Gasteiger partial charge is 0.408 e. The second-order valence-electron chi connectivity index (χ2n) is 6.64. The van der Waals surface area contributed by atoms with E-state index in [9.17, 15) is 9.59 Å². The molecule has 0 radical (unpaired) electrons. The van der Waals surface area contributed by atoms with Crippen molar-refractivity contribution >= 4 is 12.1 Å². The number of carbonyl (C=O) groups excluding carboxylic acids is 1. The molecule has 2 N–H and O–H groups in total. The maximum atomic E-state index is 11.5. The minimum Gasteiger partial charge on any atom is -0.480 e. The van der Waals surface area contributed by atoms with Crippen LogP contribution in [0, 0.1) is 0 Å². The molecule has 0 heterocycles. The number of amides is 1. The van der Waals surface area contributed by atoms with E-state index in [0.29, 0.717) is 19.4 Å². The number of nitrogens with one attached hydrogen (secondary N) is 1. The van der Waals surface area contributed by atoms with Crippen LogP contribution < -0.4 is 5.32 Å². The number of hydrogen-bond acceptors (Lipinski definition) is 4. The minimum atomic E-state index is -1.08. The fraction of sp³-hybridized carbons (Fsp3) is 0.857. The van der Waals surface area contributed by atoms with Gasteiger partial charge in [-0.3, -0.25) is 0 Å². The van der Waals surface area contributed by atoms with Gasteiger partial charge in [0.2, 0.25) is 0 Å². The molecule has 0 bridgehead atoms. The first-order valence-electron chi connectivity index (χ1n) is 6.77. The highest BCUT2D eigenvalue weighted by Gasteiger charge is 2.23. The molecule has 118 valence electrons. The van der Waals surface area contributed by atoms with E-state index in [0.717, 1.165) is 0 Å². The average Bonchev–Trinajstić information content (AvgIpc) is 2.17. The van der Waals surface area contributed by atoms with E-state index in [1.807, 2.05) is 20.8 Å². The Labute approximate surface area is 120 Å². The van der Waals surface area contributed by atoms with Crippen molar-refractivity contribution in [2.75, 3.05) is 6.61 Å². The molecule has 6 nitrogen and oxygen atoms in total. The van der Waals surface area contributed by atoms with Gasteiger partial charge < -0.3 is 19.9 Å². The van der Waals surface area contributed by atoms with Crippen LogP contribution in [0.3, 0.4) is 0 Å². The van der Waals surface area contributed by atoms with E-state index in [-0.39, 0.29) is 5.60 Å². The summed E-state index contributed by atoms with van der Waals surface area (Å²) >= 11 is 0. The summed E-state index contributed by atoms with van der Waals surface area (Å²) < 4.78 is 10.5. The van der Waals surface area contributed by atoms with E-state index in [2.05, 4.69) is 5.32 Å². The van der Waals surface area contributed by atoms with Crippen molar-refractivity contribution in [2.24, 2.45) is 0 Å². The third kappa shape index (κ3) is 10.6. The molecule has 0 saturated carbocycles. The molecule has 0 aromatic rings. The van der Waals surface area contributed by atoms with Gasteiger partial charge in [-0.15, -0.1) is 0 Å². The minimum absolute atomic E-state index is 0.253. The molecule has 0 saturated heterocycles. The third-order valence-electron chi connectivity index (χ3n) is 2.16. The van der Waals surface area contributed by atoms with Crippen LogP contribution in [0.1, 0.15) is 54.4 Å². The summed E-state index contributed by atoms with van der Waals surface area (Å²) in [5, 5.41) is 11.4. The lowest BCUT2D eigenvalue weighted by molar-refractivity contribution is -0.139. The molecule has 6 heteroatoms. The summed E-state index contributed by atoms with van der Waals surface area (Å²) in [6.45, 7) is 11.4. The Morgan fingerprint density at radius 2 is 1.65 bits per heavy atom. The number of carbonyl (C=O) groups is 2. The maximum absolute atomic E-state index is 11.5. The predicted octanol–water partition coefficient (Wildman–Crippen LogP) is 2.56. The molecular weight excluding hydrogens is 262 g/mol. The lowest BCUT2D eigenvalue weighted by Crippen LogP contribution is -2.43. The molecule has 0 aromatic carbocycles. The number of ether oxygens (including phenoxy) is 2. The Morgan fingerprint density at radius 1 is 1.10 bits per heavy atom. The molecule has 0 aromatic heterocycles. The van der Waals surface area contributed by atoms with Gasteiger partial charge in [-0.05, 0) is 54.4 Å². The van der Waals surface area contributed by atoms with Gasteiger partial charge in [0.25, 0.3) is 0 Å². The monoisotopic (exact) mass is 289 g/mol. The quantitative estimate of drug-likeness (QED) is 0.734. The van der Waals surface area contributed by atoms with Gasteiger partial charge in [0, 0.05) is 6.61 Å². The SMILES string of the molecule is CC(C)(C)OCCC[C@@H](NC(=O)OC(C)(C)C)C(=O)O. The molecule has 0 aliphatic rings. The van der Waals surface area contributed by atoms with E-state index < -0.39 is 23.7 Å². The van der Waals surface area contributed by atoms with E-state index >= 15 is 0 Å². The summed E-state index contributed by atoms with van der Waals surface area (Å²) in [6, 6.07) is -0.964. The molecule has 0 aliphatic heterocycles. The van der Waals surface area contributed by atoms with Gasteiger partial charge in [0.05, 0.1) is 5.60 Å². The Kier molecular flexibility index (Phi) is 6.99. The van der Waals surface area contributed by atoms with Gasteiger partial charge in [0.1, 0.15) is 11.6 Å². The summed E-state index contributed by atoms with van der Waals surface area (Å²) in [5.74, 6) is -1.08. The van der Waals surface area contributed by atoms with Crippen molar-refractivity contribution in [1.82, 2.24) is 5.32 Å². The molecule has 0 aliphatic carbocycles. The molecule has 0 fully saturated rings. The zero-order valence-electron chi connectivity index (χ0n) is 13.3. The second-order valence-corrected chi connectivity index (χ2v) is 6.64. The number of aliphatic carboxylic acids is 1. The summed E-state index contributed by atoms with van der Waals surface area (Å²) in [5.41, 5.74) is -0.903. The zero-order chi connectivity index (χ0) is 16.0. The Bertz CT molecular complexity index is 327. The first-order chi connectivity index (χ1) is 8.91. The third-order valence-corrected chi connectivity index (χ3v) is 2.16. The highest BCUT2D eigenvalue weighted by Crippen LogP contribution is 2.10. The number of carboxylic acids is 1. The van der Waals surface area contributed by atoms with Gasteiger partial charge in [-0.1, -0.05) is 0 Å². The Morgan fingerprint density at radius 3 is 2.05 bits per heavy atom. The summed E-state index contributed by atoms with van der Waals surface area (Å²) in [6.07, 6.45) is 0.121. The standard InChI is InChI=1S/C14H27NO5/c1-13(2,3)19-9-7-8-10(11(16)17)15-12(18)20-14(4,5)6/h10H,7-9H2,1-6H3,(H,15,18)(H,16,17)/t10-/m1/s1. The number of alkyl carbamates (subject to hydrolysis) is 1. The fourth-order valence-corrected chi connectivity index (χ4v) is 1.37. The highest BCUT2D eigenvalue weighted by molar-refractivity contribution is 5.79. The number of carboxylic acid groups (broad SMARTS) is 1. The van der Waals surface area contributed by atoms with Crippen molar-refractivity contribution in [3.8, 4) is 0 Å². The van der Waals surface area contributed by atoms with Crippen LogP contribution in [0.15, 0.2) is 0 Å². The molecule has 1 atom stereocenters. The largest absolute Gasteiger partial charge is 0.480 e. The van der Waals surface area contributed by atoms with Gasteiger partial charge in [0.15, 0.2) is 0 Å². The van der Waals surface area contributed by atoms with E-state index in [1.54, 1.807) is 20.8 Å². The van der Waals surface area contributed by atoms with Gasteiger partial charge in [-0.25, -0.2) is 9.59 Å². The molecule has 20 heavy (non-hydrogen) atoms. The van der Waals surface area contributed by atoms with Gasteiger partial charge in [-0.2, -0.15) is 0 Å². The number of rotatable bonds is 6. The van der Waals surface area contributed by atoms with Crippen LogP contribution in [0.25, 0.3) is 0 Å². The molecule has 1 amide bonds. The molecule has 0 unspecified atom stereocenters. The number of hydrogen-bond donors (Lipinski definition) is 2. The zero-order valence-corrected chi connectivity index (χ0v) is 13.3. The van der Waals surface area contributed by atoms with Crippen molar-refractivity contribution < 1.29 is 24.2 Å². The van der Waals surface area contributed by atoms with E-state index in [4.69, 9.17) is 14.6 Å². The predicted molar refractivity (Wildman–Crippen MR) is 75.7 cm³/mol. The van der Waals surface area contributed by atoms with Crippen LogP contribution in [-0.2, 0) is 14.3 Å². The van der Waals surface area contributed by atoms with Crippen LogP contribution in [0.2, 0.25) is 0 Å². The lowest BCUT2D eigenvalue weighted by Gasteiger charge is -2.23. The summed E-state index contributed by atoms with van der Waals surface area (Å²) in [4.78, 5) is 22.6. The van der Waals surface area contributed by atoms with Crippen LogP contribution in [0.4, 0.5) is 4.79 Å². The molecular formula is C14H27NO5. The van der Waals surface area contributed by atoms with E-state index in [1.165, 1.54) is 0 Å². The van der Waals surface area contributed by atoms with Crippen molar-refractivity contribution in [3.63, 3.8) is 0 Å². The highest BCUT2D eigenvalue weighted by atomic mass is 16.6. The van der Waals surface area contributed by atoms with Gasteiger partial charge >= 0.3 is 12.1 Å². The Balaban J connectivity index is 4.18.